The summed E-state index contributed by atoms with van der Waals surface area (Å²) in [6.07, 6.45) is 3.26. The van der Waals surface area contributed by atoms with Gasteiger partial charge in [0, 0.05) is 30.3 Å². The smallest absolute Gasteiger partial charge is 0.240 e. The van der Waals surface area contributed by atoms with Crippen LogP contribution in [0.3, 0.4) is 0 Å². The summed E-state index contributed by atoms with van der Waals surface area (Å²) >= 11 is 6.89. The van der Waals surface area contributed by atoms with Gasteiger partial charge in [-0.15, -0.1) is 0 Å². The predicted molar refractivity (Wildman–Crippen MR) is 271 cm³/mol. The number of nitrogens with one attached hydrogen (secondary N) is 2. The van der Waals surface area contributed by atoms with Gasteiger partial charge in [0.25, 0.3) is 0 Å². The van der Waals surface area contributed by atoms with Gasteiger partial charge in [-0.1, -0.05) is 109 Å². The monoisotopic (exact) mass is 939 g/mol. The minimum absolute atomic E-state index is 0.124. The number of nitriles is 1. The topological polar surface area (TPSA) is 128 Å². The van der Waals surface area contributed by atoms with Crippen molar-refractivity contribution in [3.63, 3.8) is 0 Å². The number of rotatable bonds is 21. The molecule has 11 heteroatoms. The number of carbonyl (C=O) groups excluding carboxylic acids is 2. The summed E-state index contributed by atoms with van der Waals surface area (Å²) in [5, 5.41) is 16.3. The van der Waals surface area contributed by atoms with Crippen molar-refractivity contribution in [2.75, 3.05) is 14.2 Å². The number of benzene rings is 7. The number of amides is 1. The Kier molecular flexibility index (Phi) is 16.5. The third-order valence-electron chi connectivity index (χ3n) is 11.6. The van der Waals surface area contributed by atoms with Gasteiger partial charge in [-0.25, -0.2) is 0 Å². The number of ether oxygens (including phenoxy) is 5. The first-order valence-electron chi connectivity index (χ1n) is 22.4. The highest BCUT2D eigenvalue weighted by atomic mass is 35.5. The van der Waals surface area contributed by atoms with Crippen LogP contribution in [0.1, 0.15) is 68.7 Å². The number of nitrogens with zero attached hydrogens (tertiary/aromatic N) is 1. The van der Waals surface area contributed by atoms with Crippen LogP contribution in [0.25, 0.3) is 17.2 Å². The second kappa shape index (κ2) is 23.3. The molecule has 0 aromatic heterocycles. The van der Waals surface area contributed by atoms with E-state index in [0.717, 1.165) is 50.1 Å². The quantitative estimate of drug-likeness (QED) is 0.0534. The van der Waals surface area contributed by atoms with Gasteiger partial charge >= 0.3 is 0 Å². The summed E-state index contributed by atoms with van der Waals surface area (Å²) in [4.78, 5) is 26.3. The zero-order chi connectivity index (χ0) is 48.8. The molecule has 0 aliphatic rings. The van der Waals surface area contributed by atoms with Crippen molar-refractivity contribution in [1.82, 2.24) is 10.6 Å². The maximum atomic E-state index is 13.6. The van der Waals surface area contributed by atoms with Crippen LogP contribution in [0, 0.1) is 18.3 Å². The highest BCUT2D eigenvalue weighted by Crippen LogP contribution is 2.36. The highest BCUT2D eigenvalue weighted by molar-refractivity contribution is 6.32. The van der Waals surface area contributed by atoms with Gasteiger partial charge in [-0.2, -0.15) is 5.26 Å². The van der Waals surface area contributed by atoms with E-state index in [1.54, 1.807) is 68.8 Å². The Morgan fingerprint density at radius 1 is 0.652 bits per heavy atom. The summed E-state index contributed by atoms with van der Waals surface area (Å²) in [7, 11) is 3.15. The summed E-state index contributed by atoms with van der Waals surface area (Å²) in [5.41, 5.74) is 8.72. The largest absolute Gasteiger partial charge is 0.497 e. The van der Waals surface area contributed by atoms with Crippen molar-refractivity contribution >= 4 is 29.4 Å². The van der Waals surface area contributed by atoms with Gasteiger partial charge in [0.15, 0.2) is 17.3 Å². The molecule has 7 aromatic rings. The van der Waals surface area contributed by atoms with E-state index in [9.17, 15) is 14.9 Å². The van der Waals surface area contributed by atoms with E-state index >= 15 is 0 Å². The number of methoxy groups -OCH3 is 2. The maximum Gasteiger partial charge on any atom is 0.240 e. The zero-order valence-electron chi connectivity index (χ0n) is 39.3. The van der Waals surface area contributed by atoms with E-state index < -0.39 is 5.54 Å². The normalized spacial score (nSPS) is 11.1. The molecule has 350 valence electrons. The second-order valence-corrected chi connectivity index (χ2v) is 17.2. The number of hydrogen-bond donors (Lipinski definition) is 2. The molecule has 0 fully saturated rings. The summed E-state index contributed by atoms with van der Waals surface area (Å²) in [6.45, 7) is 7.09. The fourth-order valence-corrected chi connectivity index (χ4v) is 7.66. The fourth-order valence-electron chi connectivity index (χ4n) is 7.42. The van der Waals surface area contributed by atoms with Crippen LogP contribution in [0.2, 0.25) is 5.02 Å². The van der Waals surface area contributed by atoms with Crippen molar-refractivity contribution in [1.29, 1.82) is 5.26 Å². The van der Waals surface area contributed by atoms with Gasteiger partial charge in [0.1, 0.15) is 37.1 Å². The number of ketones is 1. The van der Waals surface area contributed by atoms with Gasteiger partial charge in [0.2, 0.25) is 5.91 Å². The van der Waals surface area contributed by atoms with Gasteiger partial charge in [-0.05, 0) is 126 Å². The van der Waals surface area contributed by atoms with E-state index in [-0.39, 0.29) is 24.8 Å². The van der Waals surface area contributed by atoms with Crippen LogP contribution in [0.5, 0.6) is 28.7 Å². The minimum Gasteiger partial charge on any atom is -0.497 e. The van der Waals surface area contributed by atoms with Crippen LogP contribution in [0.15, 0.2) is 158 Å². The molecule has 0 saturated carbocycles. The van der Waals surface area contributed by atoms with Crippen LogP contribution in [-0.4, -0.2) is 31.4 Å². The lowest BCUT2D eigenvalue weighted by atomic mass is 9.97. The fraction of sp³-hybridized carbons (Fsp3) is 0.190. The molecule has 0 aliphatic carbocycles. The lowest BCUT2D eigenvalue weighted by Gasteiger charge is -2.26. The Balaban J connectivity index is 0.947. The molecule has 0 heterocycles. The first-order chi connectivity index (χ1) is 33.4. The molecule has 2 N–H and O–H groups in total. The molecular weight excluding hydrogens is 886 g/mol. The van der Waals surface area contributed by atoms with E-state index in [4.69, 9.17) is 35.3 Å². The predicted octanol–water partition coefficient (Wildman–Crippen LogP) is 12.0. The van der Waals surface area contributed by atoms with E-state index in [0.29, 0.717) is 64.7 Å². The molecular formula is C58H54ClN3O7. The molecule has 0 saturated heterocycles. The van der Waals surface area contributed by atoms with Crippen LogP contribution < -0.4 is 34.3 Å². The van der Waals surface area contributed by atoms with Crippen LogP contribution in [-0.2, 0) is 37.7 Å². The van der Waals surface area contributed by atoms with Crippen molar-refractivity contribution in [2.24, 2.45) is 0 Å². The lowest BCUT2D eigenvalue weighted by molar-refractivity contribution is -0.126. The molecule has 7 rings (SSSR count). The van der Waals surface area contributed by atoms with E-state index in [1.165, 1.54) is 6.08 Å². The van der Waals surface area contributed by atoms with Gasteiger partial charge in [-0.3, -0.25) is 14.9 Å². The molecule has 7 aromatic carbocycles. The van der Waals surface area contributed by atoms with Crippen molar-refractivity contribution in [3.05, 3.63) is 213 Å². The van der Waals surface area contributed by atoms with E-state index in [2.05, 4.69) is 41.8 Å². The summed E-state index contributed by atoms with van der Waals surface area (Å²) in [6, 6.07) is 49.7. The average Bonchev–Trinajstić information content (AvgIpc) is 3.38. The molecule has 69 heavy (non-hydrogen) atoms. The number of carbonyl (C=O) groups is 2. The third kappa shape index (κ3) is 13.2. The third-order valence-corrected chi connectivity index (χ3v) is 11.9. The van der Waals surface area contributed by atoms with Crippen LogP contribution in [0.4, 0.5) is 0 Å². The molecule has 10 nitrogen and oxygen atoms in total. The van der Waals surface area contributed by atoms with Crippen LogP contribution >= 0.6 is 11.6 Å². The standard InChI is InChI=1S/C58H54ClN3O7/c1-39-47(15-10-16-50(39)45-13-7-6-8-14-45)38-69-55-32-54(68-37-44-12-9-11-43(29-44)33-60)48(31-51(55)59)35-62-58(2,3)57(64)61-34-41-17-19-42(20-18-41)36-67-53-28-22-40(30-56(53)66-5)21-27-52(63)46-23-25-49(65-4)26-24-46/h6-32,62H,34-38H2,1-5H3,(H,61,64)/b27-21+. The Morgan fingerprint density at radius 3 is 2.10 bits per heavy atom. The molecule has 1 amide bonds. The molecule has 0 aliphatic heterocycles. The molecule has 0 spiro atoms. The SMILES string of the molecule is COc1ccc(C(=O)/C=C/c2ccc(OCc3ccc(CNC(=O)C(C)(C)NCc4cc(Cl)c(OCc5cccc(-c6ccccc6)c5C)cc4OCc4cccc(C#N)c4)cc3)c(OC)c2)cc1. The van der Waals surface area contributed by atoms with Gasteiger partial charge in [0.05, 0.1) is 36.4 Å². The highest BCUT2D eigenvalue weighted by Gasteiger charge is 2.27. The molecule has 0 bridgehead atoms. The Bertz CT molecular complexity index is 2960. The zero-order valence-corrected chi connectivity index (χ0v) is 40.1. The lowest BCUT2D eigenvalue weighted by Crippen LogP contribution is -2.52. The minimum atomic E-state index is -0.981. The molecule has 0 atom stereocenters. The molecule has 0 unspecified atom stereocenters. The number of hydrogen-bond acceptors (Lipinski definition) is 9. The molecule has 0 radical (unpaired) electrons. The first-order valence-corrected chi connectivity index (χ1v) is 22.8. The Hall–Kier alpha value is -7.84. The van der Waals surface area contributed by atoms with E-state index in [1.807, 2.05) is 98.8 Å². The van der Waals surface area contributed by atoms with Gasteiger partial charge < -0.3 is 29.0 Å². The number of allylic oxidation sites excluding steroid dienone is 1. The average molecular weight is 941 g/mol. The Morgan fingerprint density at radius 2 is 1.36 bits per heavy atom. The first kappa shape index (κ1) is 49.1. The number of halogens is 1. The van der Waals surface area contributed by atoms with Crippen molar-refractivity contribution < 1.29 is 33.3 Å². The Labute approximate surface area is 409 Å². The van der Waals surface area contributed by atoms with Crippen molar-refractivity contribution in [3.8, 4) is 45.9 Å². The summed E-state index contributed by atoms with van der Waals surface area (Å²) in [5.74, 6) is 2.46. The maximum absolute atomic E-state index is 13.6. The second-order valence-electron chi connectivity index (χ2n) is 16.8. The van der Waals surface area contributed by atoms with Crippen molar-refractivity contribution in [2.45, 2.75) is 59.2 Å². The summed E-state index contributed by atoms with van der Waals surface area (Å²) < 4.78 is 29.6.